The molecule has 1 amide bonds. The number of likely N-dealkylation sites (tertiary alicyclic amines) is 1. The summed E-state index contributed by atoms with van der Waals surface area (Å²) in [5.74, 6) is 0.903. The van der Waals surface area contributed by atoms with E-state index in [2.05, 4.69) is 48.4 Å². The standard InChI is InChI=1S/C29H32N6O2/c36-29(32-12-3-16-34-14-1-2-15-34)21-4-7-24(8-5-21)33-25-9-10-26(35-17-13-31-28(25)35)22-6-11-27-23(18-22)19-30-20-37-27/h4-11,13,17-18,30,33H,1-3,12,14-16,19-20H2,(H,32,36). The highest BCUT2D eigenvalue weighted by Gasteiger charge is 2.14. The van der Waals surface area contributed by atoms with Crippen LogP contribution < -0.4 is 20.7 Å². The number of carbonyl (C=O) groups is 1. The number of anilines is 2. The van der Waals surface area contributed by atoms with Gasteiger partial charge in [-0.2, -0.15) is 0 Å². The fraction of sp³-hybridized carbons (Fsp3) is 0.310. The van der Waals surface area contributed by atoms with Crippen LogP contribution in [0, 0.1) is 0 Å². The third-order valence-electron chi connectivity index (χ3n) is 7.11. The molecule has 0 bridgehead atoms. The van der Waals surface area contributed by atoms with Gasteiger partial charge in [0.15, 0.2) is 5.65 Å². The molecule has 1 fully saturated rings. The van der Waals surface area contributed by atoms with Crippen LogP contribution in [0.5, 0.6) is 5.75 Å². The van der Waals surface area contributed by atoms with E-state index in [0.717, 1.165) is 59.1 Å². The average molecular weight is 497 g/mol. The summed E-state index contributed by atoms with van der Waals surface area (Å²) in [6, 6.07) is 18.0. The van der Waals surface area contributed by atoms with Gasteiger partial charge in [-0.25, -0.2) is 4.98 Å². The Labute approximate surface area is 216 Å². The van der Waals surface area contributed by atoms with Crippen molar-refractivity contribution in [1.82, 2.24) is 24.9 Å². The maximum Gasteiger partial charge on any atom is 0.251 e. The molecule has 190 valence electrons. The Morgan fingerprint density at radius 3 is 2.78 bits per heavy atom. The maximum absolute atomic E-state index is 12.5. The molecule has 0 unspecified atom stereocenters. The highest BCUT2D eigenvalue weighted by Crippen LogP contribution is 2.31. The van der Waals surface area contributed by atoms with Gasteiger partial charge in [0.25, 0.3) is 5.91 Å². The van der Waals surface area contributed by atoms with E-state index >= 15 is 0 Å². The minimum atomic E-state index is -0.0291. The molecule has 6 rings (SSSR count). The van der Waals surface area contributed by atoms with Crippen molar-refractivity contribution in [3.05, 3.63) is 78.1 Å². The first-order valence-corrected chi connectivity index (χ1v) is 13.1. The fourth-order valence-corrected chi connectivity index (χ4v) is 5.15. The first-order valence-electron chi connectivity index (χ1n) is 13.1. The number of nitrogens with one attached hydrogen (secondary N) is 3. The summed E-state index contributed by atoms with van der Waals surface area (Å²) >= 11 is 0. The van der Waals surface area contributed by atoms with Crippen molar-refractivity contribution in [2.45, 2.75) is 25.8 Å². The first kappa shape index (κ1) is 23.5. The van der Waals surface area contributed by atoms with Crippen LogP contribution in [-0.2, 0) is 6.54 Å². The molecule has 0 aliphatic carbocycles. The number of benzene rings is 2. The number of hydrogen-bond donors (Lipinski definition) is 3. The quantitative estimate of drug-likeness (QED) is 0.314. The van der Waals surface area contributed by atoms with E-state index in [1.54, 1.807) is 0 Å². The van der Waals surface area contributed by atoms with Crippen molar-refractivity contribution in [1.29, 1.82) is 0 Å². The Morgan fingerprint density at radius 1 is 1.05 bits per heavy atom. The summed E-state index contributed by atoms with van der Waals surface area (Å²) < 4.78 is 7.76. The molecule has 2 aromatic carbocycles. The summed E-state index contributed by atoms with van der Waals surface area (Å²) in [4.78, 5) is 19.6. The molecule has 2 aliphatic heterocycles. The lowest BCUT2D eigenvalue weighted by Crippen LogP contribution is -2.28. The Balaban J connectivity index is 1.12. The number of amides is 1. The van der Waals surface area contributed by atoms with Crippen LogP contribution in [0.2, 0.25) is 0 Å². The molecule has 2 aromatic heterocycles. The largest absolute Gasteiger partial charge is 0.478 e. The van der Waals surface area contributed by atoms with Crippen molar-refractivity contribution >= 4 is 22.9 Å². The predicted octanol–water partition coefficient (Wildman–Crippen LogP) is 4.40. The molecule has 37 heavy (non-hydrogen) atoms. The second-order valence-corrected chi connectivity index (χ2v) is 9.65. The van der Waals surface area contributed by atoms with Crippen molar-refractivity contribution in [2.24, 2.45) is 0 Å². The molecule has 0 atom stereocenters. The summed E-state index contributed by atoms with van der Waals surface area (Å²) in [7, 11) is 0. The van der Waals surface area contributed by atoms with Crippen molar-refractivity contribution in [2.75, 3.05) is 38.2 Å². The number of pyridine rings is 1. The molecule has 4 aromatic rings. The van der Waals surface area contributed by atoms with Gasteiger partial charge in [-0.3, -0.25) is 14.5 Å². The molecule has 0 saturated carbocycles. The van der Waals surface area contributed by atoms with Gasteiger partial charge >= 0.3 is 0 Å². The highest BCUT2D eigenvalue weighted by molar-refractivity contribution is 5.94. The lowest BCUT2D eigenvalue weighted by atomic mass is 10.1. The maximum atomic E-state index is 12.5. The van der Waals surface area contributed by atoms with Crippen LogP contribution in [0.4, 0.5) is 11.4 Å². The monoisotopic (exact) mass is 496 g/mol. The number of ether oxygens (including phenoxy) is 1. The fourth-order valence-electron chi connectivity index (χ4n) is 5.15. The van der Waals surface area contributed by atoms with Gasteiger partial charge in [-0.15, -0.1) is 0 Å². The number of imidazole rings is 1. The third kappa shape index (κ3) is 5.16. The van der Waals surface area contributed by atoms with E-state index in [1.807, 2.05) is 48.8 Å². The molecule has 8 nitrogen and oxygen atoms in total. The minimum absolute atomic E-state index is 0.0291. The lowest BCUT2D eigenvalue weighted by molar-refractivity contribution is 0.0952. The Bertz CT molecular complexity index is 1390. The van der Waals surface area contributed by atoms with Gasteiger partial charge in [-0.1, -0.05) is 0 Å². The van der Waals surface area contributed by atoms with Crippen LogP contribution in [0.15, 0.2) is 67.0 Å². The van der Waals surface area contributed by atoms with Crippen molar-refractivity contribution in [3.8, 4) is 17.0 Å². The highest BCUT2D eigenvalue weighted by atomic mass is 16.5. The van der Waals surface area contributed by atoms with E-state index < -0.39 is 0 Å². The summed E-state index contributed by atoms with van der Waals surface area (Å²) in [5, 5.41) is 9.75. The third-order valence-corrected chi connectivity index (χ3v) is 7.11. The second kappa shape index (κ2) is 10.6. The number of aromatic nitrogens is 2. The van der Waals surface area contributed by atoms with Gasteiger partial charge < -0.3 is 20.3 Å². The van der Waals surface area contributed by atoms with Gasteiger partial charge in [0, 0.05) is 42.3 Å². The molecule has 4 heterocycles. The summed E-state index contributed by atoms with van der Waals surface area (Å²) in [5.41, 5.74) is 6.62. The van der Waals surface area contributed by atoms with Gasteiger partial charge in [-0.05, 0) is 99.1 Å². The van der Waals surface area contributed by atoms with Crippen molar-refractivity contribution < 1.29 is 9.53 Å². The summed E-state index contributed by atoms with van der Waals surface area (Å²) in [6.45, 7) is 5.48. The van der Waals surface area contributed by atoms with Crippen molar-refractivity contribution in [3.63, 3.8) is 0 Å². The van der Waals surface area contributed by atoms with E-state index in [0.29, 0.717) is 18.8 Å². The number of carbonyl (C=O) groups excluding carboxylic acids is 1. The molecule has 2 aliphatic rings. The summed E-state index contributed by atoms with van der Waals surface area (Å²) in [6.07, 6.45) is 7.36. The zero-order chi connectivity index (χ0) is 25.0. The number of fused-ring (bicyclic) bond motifs is 2. The first-order chi connectivity index (χ1) is 18.2. The van der Waals surface area contributed by atoms with Crippen LogP contribution in [-0.4, -0.2) is 53.1 Å². The second-order valence-electron chi connectivity index (χ2n) is 9.65. The molecule has 1 saturated heterocycles. The zero-order valence-corrected chi connectivity index (χ0v) is 20.9. The van der Waals surface area contributed by atoms with Crippen LogP contribution in [0.1, 0.15) is 35.2 Å². The number of rotatable bonds is 8. The van der Waals surface area contributed by atoms with E-state index in [4.69, 9.17) is 4.74 Å². The van der Waals surface area contributed by atoms with E-state index in [9.17, 15) is 4.79 Å². The van der Waals surface area contributed by atoms with Gasteiger partial charge in [0.1, 0.15) is 12.5 Å². The average Bonchev–Trinajstić information content (AvgIpc) is 3.64. The Morgan fingerprint density at radius 2 is 1.92 bits per heavy atom. The van der Waals surface area contributed by atoms with Crippen LogP contribution in [0.3, 0.4) is 0 Å². The lowest BCUT2D eigenvalue weighted by Gasteiger charge is -2.19. The SMILES string of the molecule is O=C(NCCCN1CCCC1)c1ccc(Nc2ccc(-c3ccc4c(c3)CNCO4)n3ccnc23)cc1. The molecular formula is C29H32N6O2. The van der Waals surface area contributed by atoms with Gasteiger partial charge in [0.05, 0.1) is 11.4 Å². The predicted molar refractivity (Wildman–Crippen MR) is 145 cm³/mol. The number of nitrogens with zero attached hydrogens (tertiary/aromatic N) is 3. The Hall–Kier alpha value is -3.88. The Kier molecular flexibility index (Phi) is 6.75. The van der Waals surface area contributed by atoms with E-state index in [-0.39, 0.29) is 5.91 Å². The molecule has 3 N–H and O–H groups in total. The molecule has 0 radical (unpaired) electrons. The molecular weight excluding hydrogens is 464 g/mol. The zero-order valence-electron chi connectivity index (χ0n) is 20.9. The smallest absolute Gasteiger partial charge is 0.251 e. The minimum Gasteiger partial charge on any atom is -0.478 e. The van der Waals surface area contributed by atoms with Crippen LogP contribution in [0.25, 0.3) is 16.9 Å². The van der Waals surface area contributed by atoms with Gasteiger partial charge in [0.2, 0.25) is 0 Å². The number of hydrogen-bond acceptors (Lipinski definition) is 6. The molecule has 0 spiro atoms. The van der Waals surface area contributed by atoms with E-state index in [1.165, 1.54) is 25.9 Å². The normalized spacial score (nSPS) is 15.4. The van der Waals surface area contributed by atoms with Crippen LogP contribution >= 0.6 is 0 Å². The topological polar surface area (TPSA) is 82.9 Å². The molecule has 8 heteroatoms.